The second-order valence-corrected chi connectivity index (χ2v) is 9.56. The summed E-state index contributed by atoms with van der Waals surface area (Å²) in [5.74, 6) is 2.07. The molecule has 1 aliphatic rings. The molecule has 1 amide bonds. The van der Waals surface area contributed by atoms with Gasteiger partial charge < -0.3 is 18.9 Å². The van der Waals surface area contributed by atoms with Crippen molar-refractivity contribution in [2.45, 2.75) is 38.5 Å². The maximum Gasteiger partial charge on any atom is 0.233 e. The van der Waals surface area contributed by atoms with Crippen LogP contribution in [0.4, 0.5) is 4.39 Å². The number of amides is 1. The van der Waals surface area contributed by atoms with Gasteiger partial charge in [-0.1, -0.05) is 37.7 Å². The van der Waals surface area contributed by atoms with Crippen LogP contribution < -0.4 is 9.47 Å². The van der Waals surface area contributed by atoms with Crippen LogP contribution in [-0.4, -0.2) is 52.1 Å². The van der Waals surface area contributed by atoms with E-state index >= 15 is 0 Å². The average molecular weight is 485 g/mol. The monoisotopic (exact) mass is 484 g/mol. The zero-order valence-corrected chi connectivity index (χ0v) is 20.7. The molecule has 3 aromatic rings. The molecule has 0 saturated carbocycles. The number of fused-ring (bicyclic) bond motifs is 1. The summed E-state index contributed by atoms with van der Waals surface area (Å²) in [6.45, 7) is 5.96. The summed E-state index contributed by atoms with van der Waals surface area (Å²) in [6, 6.07) is 10.5. The number of carbonyl (C=O) groups is 1. The third-order valence-electron chi connectivity index (χ3n) is 5.77. The standard InChI is InChI=1S/C25H29FN4O3S/c1-16(2)13-30-24(19-7-5-6-8-20(19)26)27-28-25(30)34-15-23(31)29-10-9-17-11-21(32-3)22(33-4)12-18(17)14-29/h5-8,11-12,16H,9-10,13-15H2,1-4H3. The lowest BCUT2D eigenvalue weighted by atomic mass is 9.99. The highest BCUT2D eigenvalue weighted by Gasteiger charge is 2.24. The van der Waals surface area contributed by atoms with Crippen molar-refractivity contribution in [2.75, 3.05) is 26.5 Å². The second kappa shape index (κ2) is 10.5. The highest BCUT2D eigenvalue weighted by atomic mass is 32.2. The maximum absolute atomic E-state index is 14.4. The molecule has 0 atom stereocenters. The van der Waals surface area contributed by atoms with E-state index < -0.39 is 0 Å². The van der Waals surface area contributed by atoms with Crippen LogP contribution in [0.2, 0.25) is 0 Å². The third-order valence-corrected chi connectivity index (χ3v) is 6.73. The fourth-order valence-corrected chi connectivity index (χ4v) is 4.93. The van der Waals surface area contributed by atoms with Gasteiger partial charge in [-0.05, 0) is 47.7 Å². The Morgan fingerprint density at radius 3 is 2.50 bits per heavy atom. The van der Waals surface area contributed by atoms with Gasteiger partial charge in [-0.15, -0.1) is 10.2 Å². The van der Waals surface area contributed by atoms with E-state index in [1.165, 1.54) is 23.4 Å². The number of ether oxygens (including phenoxy) is 2. The SMILES string of the molecule is COc1cc2c(cc1OC)CN(C(=O)CSc1nnc(-c3ccccc3F)n1CC(C)C)CC2. The van der Waals surface area contributed by atoms with E-state index in [4.69, 9.17) is 9.47 Å². The smallest absolute Gasteiger partial charge is 0.233 e. The molecule has 0 radical (unpaired) electrons. The molecule has 1 aromatic heterocycles. The first-order chi connectivity index (χ1) is 16.4. The van der Waals surface area contributed by atoms with Crippen molar-refractivity contribution in [1.82, 2.24) is 19.7 Å². The first kappa shape index (κ1) is 24.1. The van der Waals surface area contributed by atoms with Crippen LogP contribution in [0.5, 0.6) is 11.5 Å². The number of methoxy groups -OCH3 is 2. The molecule has 0 N–H and O–H groups in total. The van der Waals surface area contributed by atoms with E-state index in [2.05, 4.69) is 24.0 Å². The number of thioether (sulfide) groups is 1. The number of carbonyl (C=O) groups excluding carboxylic acids is 1. The minimum absolute atomic E-state index is 0.0250. The summed E-state index contributed by atoms with van der Waals surface area (Å²) in [6.07, 6.45) is 0.757. The molecule has 34 heavy (non-hydrogen) atoms. The van der Waals surface area contributed by atoms with Crippen LogP contribution in [0.15, 0.2) is 41.6 Å². The molecule has 0 aliphatic carbocycles. The summed E-state index contributed by atoms with van der Waals surface area (Å²) in [7, 11) is 3.23. The fourth-order valence-electron chi connectivity index (χ4n) is 4.08. The topological polar surface area (TPSA) is 69.5 Å². The van der Waals surface area contributed by atoms with Gasteiger partial charge in [0, 0.05) is 19.6 Å². The summed E-state index contributed by atoms with van der Waals surface area (Å²) < 4.78 is 27.1. The van der Waals surface area contributed by atoms with Crippen LogP contribution in [-0.2, 0) is 24.3 Å². The van der Waals surface area contributed by atoms with E-state index in [9.17, 15) is 9.18 Å². The first-order valence-corrected chi connectivity index (χ1v) is 12.2. The minimum atomic E-state index is -0.341. The van der Waals surface area contributed by atoms with Gasteiger partial charge in [-0.2, -0.15) is 0 Å². The molecular weight excluding hydrogens is 455 g/mol. The number of halogens is 1. The minimum Gasteiger partial charge on any atom is -0.493 e. The zero-order valence-electron chi connectivity index (χ0n) is 19.9. The van der Waals surface area contributed by atoms with Crippen molar-refractivity contribution in [3.63, 3.8) is 0 Å². The Labute approximate surface area is 203 Å². The lowest BCUT2D eigenvalue weighted by molar-refractivity contribution is -0.129. The molecule has 4 rings (SSSR count). The molecule has 180 valence electrons. The van der Waals surface area contributed by atoms with Crippen LogP contribution in [0.3, 0.4) is 0 Å². The van der Waals surface area contributed by atoms with Gasteiger partial charge >= 0.3 is 0 Å². The highest BCUT2D eigenvalue weighted by Crippen LogP contribution is 2.34. The molecule has 2 aromatic carbocycles. The van der Waals surface area contributed by atoms with E-state index in [-0.39, 0.29) is 17.5 Å². The molecule has 1 aliphatic heterocycles. The van der Waals surface area contributed by atoms with E-state index in [0.717, 1.165) is 12.0 Å². The van der Waals surface area contributed by atoms with Crippen molar-refractivity contribution in [3.05, 3.63) is 53.3 Å². The number of hydrogen-bond donors (Lipinski definition) is 0. The molecule has 0 saturated heterocycles. The molecule has 2 heterocycles. The first-order valence-electron chi connectivity index (χ1n) is 11.2. The maximum atomic E-state index is 14.4. The number of rotatable bonds is 8. The quantitative estimate of drug-likeness (QED) is 0.441. The number of hydrogen-bond acceptors (Lipinski definition) is 6. The second-order valence-electron chi connectivity index (χ2n) is 8.62. The predicted octanol–water partition coefficient (Wildman–Crippen LogP) is 4.43. The molecule has 0 spiro atoms. The Balaban J connectivity index is 1.49. The fraction of sp³-hybridized carbons (Fsp3) is 0.400. The zero-order chi connectivity index (χ0) is 24.2. The summed E-state index contributed by atoms with van der Waals surface area (Å²) in [5.41, 5.74) is 2.64. The van der Waals surface area contributed by atoms with Crippen molar-refractivity contribution < 1.29 is 18.7 Å². The summed E-state index contributed by atoms with van der Waals surface area (Å²) in [4.78, 5) is 14.9. The van der Waals surface area contributed by atoms with E-state index in [0.29, 0.717) is 53.6 Å². The van der Waals surface area contributed by atoms with Gasteiger partial charge in [0.1, 0.15) is 5.82 Å². The molecular formula is C25H29FN4O3S. The van der Waals surface area contributed by atoms with E-state index in [1.54, 1.807) is 32.4 Å². The van der Waals surface area contributed by atoms with Gasteiger partial charge in [0.15, 0.2) is 22.5 Å². The lowest BCUT2D eigenvalue weighted by Gasteiger charge is -2.29. The Bertz CT molecular complexity index is 1180. The normalized spacial score (nSPS) is 13.2. The summed E-state index contributed by atoms with van der Waals surface area (Å²) >= 11 is 1.34. The molecule has 7 nitrogen and oxygen atoms in total. The largest absolute Gasteiger partial charge is 0.493 e. The van der Waals surface area contributed by atoms with Gasteiger partial charge in [0.2, 0.25) is 5.91 Å². The van der Waals surface area contributed by atoms with Crippen molar-refractivity contribution in [3.8, 4) is 22.9 Å². The molecule has 9 heteroatoms. The number of aromatic nitrogens is 3. The Morgan fingerprint density at radius 1 is 1.12 bits per heavy atom. The average Bonchev–Trinajstić information content (AvgIpc) is 3.22. The van der Waals surface area contributed by atoms with Crippen molar-refractivity contribution >= 4 is 17.7 Å². The van der Waals surface area contributed by atoms with Crippen LogP contribution in [0.1, 0.15) is 25.0 Å². The number of nitrogens with zero attached hydrogens (tertiary/aromatic N) is 4. The van der Waals surface area contributed by atoms with Crippen molar-refractivity contribution in [1.29, 1.82) is 0 Å². The van der Waals surface area contributed by atoms with Gasteiger partial charge in [-0.3, -0.25) is 4.79 Å². The Kier molecular flexibility index (Phi) is 7.41. The highest BCUT2D eigenvalue weighted by molar-refractivity contribution is 7.99. The van der Waals surface area contributed by atoms with Crippen LogP contribution in [0, 0.1) is 11.7 Å². The van der Waals surface area contributed by atoms with Gasteiger partial charge in [0.05, 0.1) is 25.5 Å². The van der Waals surface area contributed by atoms with Crippen LogP contribution >= 0.6 is 11.8 Å². The van der Waals surface area contributed by atoms with Gasteiger partial charge in [-0.25, -0.2) is 4.39 Å². The number of benzene rings is 2. The molecule has 0 fully saturated rings. The van der Waals surface area contributed by atoms with Crippen LogP contribution in [0.25, 0.3) is 11.4 Å². The lowest BCUT2D eigenvalue weighted by Crippen LogP contribution is -2.37. The predicted molar refractivity (Wildman–Crippen MR) is 130 cm³/mol. The summed E-state index contributed by atoms with van der Waals surface area (Å²) in [5, 5.41) is 9.16. The Hall–Kier alpha value is -3.07. The molecule has 0 bridgehead atoms. The van der Waals surface area contributed by atoms with E-state index in [1.807, 2.05) is 21.6 Å². The van der Waals surface area contributed by atoms with Crippen molar-refractivity contribution in [2.24, 2.45) is 5.92 Å². The van der Waals surface area contributed by atoms with Gasteiger partial charge in [0.25, 0.3) is 0 Å². The molecule has 0 unspecified atom stereocenters. The Morgan fingerprint density at radius 2 is 1.82 bits per heavy atom. The third kappa shape index (κ3) is 5.04.